The summed E-state index contributed by atoms with van der Waals surface area (Å²) in [4.78, 5) is 16.3. The first-order valence-corrected chi connectivity index (χ1v) is 9.44. The van der Waals surface area contributed by atoms with E-state index in [1.165, 1.54) is 25.7 Å². The van der Waals surface area contributed by atoms with Gasteiger partial charge in [-0.25, -0.2) is 4.98 Å². The average Bonchev–Trinajstić information content (AvgIpc) is 2.63. The quantitative estimate of drug-likeness (QED) is 0.706. The Kier molecular flexibility index (Phi) is 8.25. The molecule has 24 heavy (non-hydrogen) atoms. The van der Waals surface area contributed by atoms with Crippen LogP contribution < -0.4 is 9.80 Å². The van der Waals surface area contributed by atoms with E-state index in [4.69, 9.17) is 10.1 Å². The Morgan fingerprint density at radius 3 is 2.33 bits per heavy atom. The van der Waals surface area contributed by atoms with Gasteiger partial charge in [-0.3, -0.25) is 4.90 Å². The van der Waals surface area contributed by atoms with Crippen LogP contribution in [-0.2, 0) is 0 Å². The molecule has 1 N–H and O–H groups in total. The maximum atomic E-state index is 9.06. The van der Waals surface area contributed by atoms with E-state index in [1.807, 2.05) is 12.3 Å². The van der Waals surface area contributed by atoms with Gasteiger partial charge in [0.05, 0.1) is 6.61 Å². The van der Waals surface area contributed by atoms with Crippen LogP contribution in [0.2, 0.25) is 0 Å². The van der Waals surface area contributed by atoms with Crippen molar-refractivity contribution in [2.45, 2.75) is 39.5 Å². The summed E-state index contributed by atoms with van der Waals surface area (Å²) >= 11 is 0. The molecular formula is C18H33N5O. The molecular weight excluding hydrogens is 302 g/mol. The van der Waals surface area contributed by atoms with Crippen molar-refractivity contribution >= 4 is 11.8 Å². The third-order valence-corrected chi connectivity index (χ3v) is 4.59. The van der Waals surface area contributed by atoms with Gasteiger partial charge in [0, 0.05) is 52.0 Å². The average molecular weight is 335 g/mol. The minimum Gasteiger partial charge on any atom is -0.395 e. The zero-order chi connectivity index (χ0) is 17.2. The van der Waals surface area contributed by atoms with E-state index in [0.29, 0.717) is 0 Å². The Morgan fingerprint density at radius 1 is 1.08 bits per heavy atom. The molecule has 6 nitrogen and oxygen atoms in total. The van der Waals surface area contributed by atoms with Gasteiger partial charge >= 0.3 is 0 Å². The van der Waals surface area contributed by atoms with Crippen LogP contribution in [0.25, 0.3) is 0 Å². The molecule has 0 atom stereocenters. The molecule has 6 heteroatoms. The first kappa shape index (κ1) is 18.9. The van der Waals surface area contributed by atoms with Crippen molar-refractivity contribution in [3.63, 3.8) is 0 Å². The fourth-order valence-corrected chi connectivity index (χ4v) is 3.02. The van der Waals surface area contributed by atoms with Crippen molar-refractivity contribution in [2.24, 2.45) is 0 Å². The smallest absolute Gasteiger partial charge is 0.227 e. The van der Waals surface area contributed by atoms with Crippen molar-refractivity contribution in [1.82, 2.24) is 14.9 Å². The number of hydrogen-bond acceptors (Lipinski definition) is 6. The number of anilines is 2. The molecule has 1 aliphatic heterocycles. The fourth-order valence-electron chi connectivity index (χ4n) is 3.02. The minimum atomic E-state index is 0.238. The van der Waals surface area contributed by atoms with Crippen molar-refractivity contribution in [1.29, 1.82) is 0 Å². The van der Waals surface area contributed by atoms with Crippen LogP contribution in [-0.4, -0.2) is 72.4 Å². The van der Waals surface area contributed by atoms with E-state index < -0.39 is 0 Å². The van der Waals surface area contributed by atoms with Gasteiger partial charge in [0.2, 0.25) is 5.95 Å². The van der Waals surface area contributed by atoms with Gasteiger partial charge in [-0.05, 0) is 18.9 Å². The molecule has 0 unspecified atom stereocenters. The van der Waals surface area contributed by atoms with Gasteiger partial charge in [-0.1, -0.05) is 26.7 Å². The number of β-amino-alcohol motifs (C(OH)–C–C–N with tert-alkyl or cyclic N) is 1. The third-order valence-electron chi connectivity index (χ3n) is 4.59. The Balaban J connectivity index is 2.01. The summed E-state index contributed by atoms with van der Waals surface area (Å²) in [6, 6.07) is 2.02. The number of rotatable bonds is 10. The highest BCUT2D eigenvalue weighted by Gasteiger charge is 2.19. The van der Waals surface area contributed by atoms with Crippen LogP contribution >= 0.6 is 0 Å². The molecule has 136 valence electrons. The summed E-state index contributed by atoms with van der Waals surface area (Å²) in [5.41, 5.74) is 0. The lowest BCUT2D eigenvalue weighted by Gasteiger charge is -2.35. The van der Waals surface area contributed by atoms with Crippen LogP contribution in [0.5, 0.6) is 0 Å². The number of aromatic nitrogens is 2. The zero-order valence-corrected chi connectivity index (χ0v) is 15.3. The fraction of sp³-hybridized carbons (Fsp3) is 0.778. The van der Waals surface area contributed by atoms with Crippen LogP contribution in [0.1, 0.15) is 39.5 Å². The lowest BCUT2D eigenvalue weighted by Crippen LogP contribution is -2.47. The van der Waals surface area contributed by atoms with E-state index in [-0.39, 0.29) is 6.61 Å². The summed E-state index contributed by atoms with van der Waals surface area (Å²) in [5, 5.41) is 9.06. The molecule has 1 aromatic heterocycles. The van der Waals surface area contributed by atoms with Crippen molar-refractivity contribution in [3.05, 3.63) is 12.3 Å². The molecule has 1 aromatic rings. The Labute approximate surface area is 146 Å². The molecule has 1 aliphatic rings. The molecule has 2 heterocycles. The molecule has 0 aliphatic carbocycles. The molecule has 2 rings (SSSR count). The lowest BCUT2D eigenvalue weighted by atomic mass is 10.2. The molecule has 0 amide bonds. The highest BCUT2D eigenvalue weighted by molar-refractivity contribution is 5.44. The molecule has 0 spiro atoms. The van der Waals surface area contributed by atoms with Gasteiger partial charge in [0.15, 0.2) is 0 Å². The van der Waals surface area contributed by atoms with E-state index >= 15 is 0 Å². The van der Waals surface area contributed by atoms with E-state index in [2.05, 4.69) is 33.5 Å². The molecule has 0 aromatic carbocycles. The second-order valence-corrected chi connectivity index (χ2v) is 6.46. The Morgan fingerprint density at radius 2 is 1.75 bits per heavy atom. The third kappa shape index (κ3) is 5.60. The van der Waals surface area contributed by atoms with Crippen LogP contribution in [0.3, 0.4) is 0 Å². The minimum absolute atomic E-state index is 0.238. The maximum Gasteiger partial charge on any atom is 0.227 e. The van der Waals surface area contributed by atoms with Gasteiger partial charge in [0.1, 0.15) is 5.82 Å². The number of nitrogens with zero attached hydrogens (tertiary/aromatic N) is 5. The molecule has 1 saturated heterocycles. The highest BCUT2D eigenvalue weighted by atomic mass is 16.3. The Bertz CT molecular complexity index is 454. The first-order valence-electron chi connectivity index (χ1n) is 9.44. The number of hydrogen-bond donors (Lipinski definition) is 1. The summed E-state index contributed by atoms with van der Waals surface area (Å²) in [5.74, 6) is 1.90. The predicted molar refractivity (Wildman–Crippen MR) is 99.8 cm³/mol. The normalized spacial score (nSPS) is 15.7. The molecule has 0 saturated carbocycles. The van der Waals surface area contributed by atoms with Crippen molar-refractivity contribution in [3.8, 4) is 0 Å². The number of aliphatic hydroxyl groups is 1. The summed E-state index contributed by atoms with van der Waals surface area (Å²) in [6.45, 7) is 11.4. The summed E-state index contributed by atoms with van der Waals surface area (Å²) in [6.07, 6.45) is 6.63. The summed E-state index contributed by atoms with van der Waals surface area (Å²) < 4.78 is 0. The van der Waals surface area contributed by atoms with Gasteiger partial charge < -0.3 is 14.9 Å². The molecule has 0 radical (unpaired) electrons. The van der Waals surface area contributed by atoms with Gasteiger partial charge in [-0.2, -0.15) is 4.98 Å². The van der Waals surface area contributed by atoms with Crippen LogP contribution in [0.15, 0.2) is 12.3 Å². The lowest BCUT2D eigenvalue weighted by molar-refractivity contribution is 0.188. The Hall–Kier alpha value is -1.40. The number of unbranched alkanes of at least 4 members (excludes halogenated alkanes) is 2. The van der Waals surface area contributed by atoms with Gasteiger partial charge in [-0.15, -0.1) is 0 Å². The van der Waals surface area contributed by atoms with E-state index in [0.717, 1.165) is 57.6 Å². The highest BCUT2D eigenvalue weighted by Crippen LogP contribution is 2.17. The molecule has 0 bridgehead atoms. The second kappa shape index (κ2) is 10.5. The van der Waals surface area contributed by atoms with E-state index in [1.54, 1.807) is 0 Å². The monoisotopic (exact) mass is 335 g/mol. The standard InChI is InChI=1S/C18H33N5O/c1-3-5-9-23(10-6-4-2)18-19-8-7-17(20-18)22-13-11-21(12-14-22)15-16-24/h7-8,24H,3-6,9-16H2,1-2H3. The second-order valence-electron chi connectivity index (χ2n) is 6.46. The topological polar surface area (TPSA) is 55.7 Å². The van der Waals surface area contributed by atoms with Crippen molar-refractivity contribution < 1.29 is 5.11 Å². The van der Waals surface area contributed by atoms with Crippen molar-refractivity contribution in [2.75, 3.05) is 62.2 Å². The SMILES string of the molecule is CCCCN(CCCC)c1nccc(N2CCN(CCO)CC2)n1. The predicted octanol–water partition coefficient (Wildman–Crippen LogP) is 2.00. The number of aliphatic hydroxyl groups excluding tert-OH is 1. The van der Waals surface area contributed by atoms with Crippen LogP contribution in [0.4, 0.5) is 11.8 Å². The van der Waals surface area contributed by atoms with E-state index in [9.17, 15) is 0 Å². The number of piperazine rings is 1. The molecule has 1 fully saturated rings. The summed E-state index contributed by atoms with van der Waals surface area (Å²) in [7, 11) is 0. The zero-order valence-electron chi connectivity index (χ0n) is 15.3. The first-order chi connectivity index (χ1) is 11.8. The van der Waals surface area contributed by atoms with Gasteiger partial charge in [0.25, 0.3) is 0 Å². The largest absolute Gasteiger partial charge is 0.395 e. The maximum absolute atomic E-state index is 9.06. The van der Waals surface area contributed by atoms with Crippen LogP contribution in [0, 0.1) is 0 Å².